The summed E-state index contributed by atoms with van der Waals surface area (Å²) in [4.78, 5) is 24.7. The number of rotatable bonds is 1. The molecule has 1 fully saturated rings. The highest BCUT2D eigenvalue weighted by atomic mass is 16.2. The monoisotopic (exact) mass is 212 g/mol. The summed E-state index contributed by atoms with van der Waals surface area (Å²) in [6.07, 6.45) is 1.41. The maximum atomic E-state index is 11.9. The normalized spacial score (nSPS) is 19.0. The summed E-state index contributed by atoms with van der Waals surface area (Å²) in [5.74, 6) is -0.128. The van der Waals surface area contributed by atoms with Crippen LogP contribution in [0.25, 0.3) is 0 Å². The summed E-state index contributed by atoms with van der Waals surface area (Å²) in [6, 6.07) is 0. The van der Waals surface area contributed by atoms with Crippen molar-refractivity contribution >= 4 is 11.8 Å². The Bertz CT molecular complexity index is 260. The average molecular weight is 212 g/mol. The third-order valence-electron chi connectivity index (χ3n) is 2.83. The predicted molar refractivity (Wildman–Crippen MR) is 58.0 cm³/mol. The van der Waals surface area contributed by atoms with E-state index < -0.39 is 0 Å². The lowest BCUT2D eigenvalue weighted by Crippen LogP contribution is -2.46. The van der Waals surface area contributed by atoms with Crippen LogP contribution in [-0.4, -0.2) is 29.8 Å². The van der Waals surface area contributed by atoms with Gasteiger partial charge < -0.3 is 10.6 Å². The van der Waals surface area contributed by atoms with Gasteiger partial charge in [0.25, 0.3) is 0 Å². The lowest BCUT2D eigenvalue weighted by molar-refractivity contribution is -0.142. The number of primary amides is 1. The zero-order valence-electron chi connectivity index (χ0n) is 9.75. The van der Waals surface area contributed by atoms with Crippen molar-refractivity contribution in [2.75, 3.05) is 13.1 Å². The van der Waals surface area contributed by atoms with Crippen molar-refractivity contribution in [2.45, 2.75) is 33.6 Å². The number of hydrogen-bond acceptors (Lipinski definition) is 2. The molecule has 1 aliphatic rings. The van der Waals surface area contributed by atoms with Crippen LogP contribution in [0.2, 0.25) is 0 Å². The number of carbonyl (C=O) groups is 2. The minimum Gasteiger partial charge on any atom is -0.369 e. The summed E-state index contributed by atoms with van der Waals surface area (Å²) < 4.78 is 0. The van der Waals surface area contributed by atoms with Crippen molar-refractivity contribution in [1.82, 2.24) is 4.90 Å². The third-order valence-corrected chi connectivity index (χ3v) is 2.83. The number of piperidine rings is 1. The molecule has 0 bridgehead atoms. The highest BCUT2D eigenvalue weighted by molar-refractivity contribution is 5.82. The second kappa shape index (κ2) is 4.21. The maximum absolute atomic E-state index is 11.9. The molecule has 0 aromatic rings. The van der Waals surface area contributed by atoms with Gasteiger partial charge in [0.15, 0.2) is 0 Å². The molecule has 4 heteroatoms. The molecule has 0 saturated carbocycles. The molecule has 4 nitrogen and oxygen atoms in total. The van der Waals surface area contributed by atoms with Gasteiger partial charge >= 0.3 is 0 Å². The second-order valence-corrected chi connectivity index (χ2v) is 5.22. The van der Waals surface area contributed by atoms with Crippen LogP contribution in [0.1, 0.15) is 33.6 Å². The summed E-state index contributed by atoms with van der Waals surface area (Å²) >= 11 is 0. The Labute approximate surface area is 90.8 Å². The first-order chi connectivity index (χ1) is 6.82. The summed E-state index contributed by atoms with van der Waals surface area (Å²) in [7, 11) is 0. The van der Waals surface area contributed by atoms with Crippen LogP contribution in [0.15, 0.2) is 0 Å². The number of hydrogen-bond donors (Lipinski definition) is 1. The molecular formula is C11H20N2O2. The van der Waals surface area contributed by atoms with E-state index in [9.17, 15) is 9.59 Å². The Balaban J connectivity index is 2.51. The van der Waals surface area contributed by atoms with Crippen LogP contribution in [-0.2, 0) is 9.59 Å². The van der Waals surface area contributed by atoms with E-state index in [1.54, 1.807) is 0 Å². The molecule has 86 valence electrons. The lowest BCUT2D eigenvalue weighted by Gasteiger charge is -2.34. The van der Waals surface area contributed by atoms with Gasteiger partial charge in [-0.15, -0.1) is 0 Å². The van der Waals surface area contributed by atoms with E-state index in [4.69, 9.17) is 5.73 Å². The standard InChI is InChI=1S/C11H20N2O2/c1-11(2,3)10(15)13-6-4-8(5-7-13)9(12)14/h8H,4-7H2,1-3H3,(H2,12,14). The number of amides is 2. The van der Waals surface area contributed by atoms with E-state index in [-0.39, 0.29) is 23.1 Å². The smallest absolute Gasteiger partial charge is 0.227 e. The minimum absolute atomic E-state index is 0.0472. The molecule has 2 N–H and O–H groups in total. The predicted octanol–water partition coefficient (Wildman–Crippen LogP) is 0.756. The molecule has 1 heterocycles. The average Bonchev–Trinajstić information content (AvgIpc) is 2.15. The maximum Gasteiger partial charge on any atom is 0.227 e. The van der Waals surface area contributed by atoms with Gasteiger partial charge in [-0.3, -0.25) is 9.59 Å². The number of nitrogens with zero attached hydrogens (tertiary/aromatic N) is 1. The molecule has 0 aliphatic carbocycles. The summed E-state index contributed by atoms with van der Waals surface area (Å²) in [5, 5.41) is 0. The fourth-order valence-corrected chi connectivity index (χ4v) is 1.84. The molecule has 1 rings (SSSR count). The molecule has 0 aromatic heterocycles. The van der Waals surface area contributed by atoms with Crippen molar-refractivity contribution in [3.8, 4) is 0 Å². The van der Waals surface area contributed by atoms with Gasteiger partial charge in [-0.2, -0.15) is 0 Å². The zero-order chi connectivity index (χ0) is 11.6. The van der Waals surface area contributed by atoms with Gasteiger partial charge in [0.2, 0.25) is 11.8 Å². The summed E-state index contributed by atoms with van der Waals surface area (Å²) in [5.41, 5.74) is 4.90. The van der Waals surface area contributed by atoms with E-state index >= 15 is 0 Å². The highest BCUT2D eigenvalue weighted by Crippen LogP contribution is 2.23. The van der Waals surface area contributed by atoms with E-state index in [0.29, 0.717) is 25.9 Å². The van der Waals surface area contributed by atoms with Gasteiger partial charge in [-0.25, -0.2) is 0 Å². The molecular weight excluding hydrogens is 192 g/mol. The van der Waals surface area contributed by atoms with Crippen LogP contribution in [0.5, 0.6) is 0 Å². The zero-order valence-corrected chi connectivity index (χ0v) is 9.75. The molecule has 0 atom stereocenters. The first-order valence-corrected chi connectivity index (χ1v) is 5.41. The molecule has 0 radical (unpaired) electrons. The molecule has 0 aromatic carbocycles. The van der Waals surface area contributed by atoms with Crippen LogP contribution >= 0.6 is 0 Å². The molecule has 15 heavy (non-hydrogen) atoms. The van der Waals surface area contributed by atoms with Crippen molar-refractivity contribution in [3.63, 3.8) is 0 Å². The Kier molecular flexibility index (Phi) is 3.37. The third kappa shape index (κ3) is 2.94. The Morgan fingerprint density at radius 3 is 2.00 bits per heavy atom. The van der Waals surface area contributed by atoms with Crippen molar-refractivity contribution in [3.05, 3.63) is 0 Å². The van der Waals surface area contributed by atoms with Crippen LogP contribution < -0.4 is 5.73 Å². The van der Waals surface area contributed by atoms with Gasteiger partial charge in [-0.05, 0) is 12.8 Å². The Morgan fingerprint density at radius 2 is 1.67 bits per heavy atom. The van der Waals surface area contributed by atoms with E-state index in [0.717, 1.165) is 0 Å². The van der Waals surface area contributed by atoms with Crippen LogP contribution in [0.3, 0.4) is 0 Å². The topological polar surface area (TPSA) is 63.4 Å². The largest absolute Gasteiger partial charge is 0.369 e. The van der Waals surface area contributed by atoms with E-state index in [1.807, 2.05) is 25.7 Å². The fraction of sp³-hybridized carbons (Fsp3) is 0.818. The quantitative estimate of drug-likeness (QED) is 0.697. The Morgan fingerprint density at radius 1 is 1.20 bits per heavy atom. The van der Waals surface area contributed by atoms with Gasteiger partial charge in [0.05, 0.1) is 0 Å². The number of likely N-dealkylation sites (tertiary alicyclic amines) is 1. The van der Waals surface area contributed by atoms with Crippen molar-refractivity contribution in [2.24, 2.45) is 17.1 Å². The van der Waals surface area contributed by atoms with E-state index in [2.05, 4.69) is 0 Å². The second-order valence-electron chi connectivity index (χ2n) is 5.22. The Hall–Kier alpha value is -1.06. The molecule has 1 aliphatic heterocycles. The lowest BCUT2D eigenvalue weighted by atomic mass is 9.91. The first-order valence-electron chi connectivity index (χ1n) is 5.41. The van der Waals surface area contributed by atoms with Gasteiger partial charge in [0, 0.05) is 24.4 Å². The first kappa shape index (κ1) is 12.0. The summed E-state index contributed by atoms with van der Waals surface area (Å²) in [6.45, 7) is 7.05. The van der Waals surface area contributed by atoms with Crippen molar-refractivity contribution < 1.29 is 9.59 Å². The molecule has 0 unspecified atom stereocenters. The van der Waals surface area contributed by atoms with E-state index in [1.165, 1.54) is 0 Å². The SMILES string of the molecule is CC(C)(C)C(=O)N1CCC(C(N)=O)CC1. The van der Waals surface area contributed by atoms with Crippen molar-refractivity contribution in [1.29, 1.82) is 0 Å². The van der Waals surface area contributed by atoms with Crippen LogP contribution in [0.4, 0.5) is 0 Å². The highest BCUT2D eigenvalue weighted by Gasteiger charge is 2.31. The minimum atomic E-state index is -0.334. The van der Waals surface area contributed by atoms with Crippen LogP contribution in [0, 0.1) is 11.3 Å². The fourth-order valence-electron chi connectivity index (χ4n) is 1.84. The molecule has 0 spiro atoms. The molecule has 1 saturated heterocycles. The molecule has 2 amide bonds. The number of nitrogens with two attached hydrogens (primary N) is 1. The van der Waals surface area contributed by atoms with Gasteiger partial charge in [-0.1, -0.05) is 20.8 Å². The van der Waals surface area contributed by atoms with Gasteiger partial charge in [0.1, 0.15) is 0 Å². The number of carbonyl (C=O) groups excluding carboxylic acids is 2.